The van der Waals surface area contributed by atoms with E-state index in [4.69, 9.17) is 0 Å². The number of aromatic nitrogens is 1. The largest absolute Gasteiger partial charge is 0.349 e. The zero-order valence-corrected chi connectivity index (χ0v) is 13.6. The number of aryl methyl sites for hydroxylation is 2. The number of hydrogen-bond donors (Lipinski definition) is 1. The van der Waals surface area contributed by atoms with Crippen LogP contribution in [0.1, 0.15) is 22.3 Å². The van der Waals surface area contributed by atoms with Crippen LogP contribution in [0.4, 0.5) is 5.69 Å². The van der Waals surface area contributed by atoms with E-state index in [0.717, 1.165) is 35.8 Å². The number of H-pyrrole nitrogens is 1. The van der Waals surface area contributed by atoms with Crippen LogP contribution in [-0.4, -0.2) is 28.4 Å². The van der Waals surface area contributed by atoms with Gasteiger partial charge in [0.1, 0.15) is 5.52 Å². The molecule has 0 spiro atoms. The summed E-state index contributed by atoms with van der Waals surface area (Å²) in [6, 6.07) is 5.32. The van der Waals surface area contributed by atoms with Crippen LogP contribution >= 0.6 is 0 Å². The minimum Gasteiger partial charge on any atom is -0.349 e. The lowest BCUT2D eigenvalue weighted by Gasteiger charge is -2.28. The molecule has 1 aliphatic heterocycles. The molecule has 5 heteroatoms. The summed E-state index contributed by atoms with van der Waals surface area (Å²) in [4.78, 5) is 16.7. The van der Waals surface area contributed by atoms with Crippen LogP contribution < -0.4 is 0 Å². The molecule has 0 saturated carbocycles. The van der Waals surface area contributed by atoms with Crippen molar-refractivity contribution in [2.75, 3.05) is 13.6 Å². The van der Waals surface area contributed by atoms with Gasteiger partial charge >= 0.3 is 0 Å². The Hall–Kier alpha value is -2.40. The van der Waals surface area contributed by atoms with Crippen molar-refractivity contribution in [1.29, 1.82) is 0 Å². The standard InChI is InChI=1S/C18H19N3O2/c1-10-14-9-20(3)8-7-12(14)11(2)17-16(10)13-5-4-6-15(21(22)23)18(13)19-17/h4-6,19H,7-9H2,1-3H3. The number of nitrogens with zero attached hydrogens (tertiary/aromatic N) is 2. The molecular formula is C18H19N3O2. The molecule has 0 aliphatic carbocycles. The Morgan fingerprint density at radius 3 is 2.70 bits per heavy atom. The van der Waals surface area contributed by atoms with Gasteiger partial charge in [-0.15, -0.1) is 0 Å². The average Bonchev–Trinajstić information content (AvgIpc) is 2.92. The Morgan fingerprint density at radius 2 is 1.96 bits per heavy atom. The molecule has 0 radical (unpaired) electrons. The molecule has 0 fully saturated rings. The Balaban J connectivity index is 2.17. The summed E-state index contributed by atoms with van der Waals surface area (Å²) in [6.07, 6.45) is 1.03. The fourth-order valence-electron chi connectivity index (χ4n) is 3.98. The second kappa shape index (κ2) is 4.80. The molecule has 118 valence electrons. The molecule has 3 aromatic rings. The molecule has 1 N–H and O–H groups in total. The molecule has 5 nitrogen and oxygen atoms in total. The number of aromatic amines is 1. The third-order valence-corrected chi connectivity index (χ3v) is 5.20. The number of benzene rings is 2. The van der Waals surface area contributed by atoms with E-state index in [2.05, 4.69) is 30.8 Å². The number of nitrogens with one attached hydrogen (secondary N) is 1. The number of hydrogen-bond acceptors (Lipinski definition) is 3. The van der Waals surface area contributed by atoms with Gasteiger partial charge in [-0.2, -0.15) is 0 Å². The van der Waals surface area contributed by atoms with E-state index in [1.807, 2.05) is 6.07 Å². The predicted molar refractivity (Wildman–Crippen MR) is 92.0 cm³/mol. The molecule has 1 aromatic heterocycles. The number of para-hydroxylation sites is 1. The normalized spacial score (nSPS) is 15.3. The smallest absolute Gasteiger partial charge is 0.293 e. The third kappa shape index (κ3) is 1.90. The van der Waals surface area contributed by atoms with Crippen molar-refractivity contribution in [3.63, 3.8) is 0 Å². The van der Waals surface area contributed by atoms with Crippen molar-refractivity contribution in [2.45, 2.75) is 26.8 Å². The molecule has 4 rings (SSSR count). The highest BCUT2D eigenvalue weighted by atomic mass is 16.6. The second-order valence-electron chi connectivity index (χ2n) is 6.53. The maximum Gasteiger partial charge on any atom is 0.293 e. The van der Waals surface area contributed by atoms with E-state index in [-0.39, 0.29) is 10.6 Å². The van der Waals surface area contributed by atoms with Crippen molar-refractivity contribution in [3.8, 4) is 0 Å². The highest BCUT2D eigenvalue weighted by molar-refractivity contribution is 6.13. The molecule has 23 heavy (non-hydrogen) atoms. The second-order valence-corrected chi connectivity index (χ2v) is 6.53. The quantitative estimate of drug-likeness (QED) is 0.549. The fourth-order valence-corrected chi connectivity index (χ4v) is 3.98. The predicted octanol–water partition coefficient (Wildman–Crippen LogP) is 3.83. The van der Waals surface area contributed by atoms with Crippen molar-refractivity contribution in [1.82, 2.24) is 9.88 Å². The monoisotopic (exact) mass is 309 g/mol. The minimum absolute atomic E-state index is 0.146. The van der Waals surface area contributed by atoms with Gasteiger partial charge in [-0.05, 0) is 49.6 Å². The highest BCUT2D eigenvalue weighted by Gasteiger charge is 2.24. The Bertz CT molecular complexity index is 972. The van der Waals surface area contributed by atoms with Gasteiger partial charge in [-0.1, -0.05) is 12.1 Å². The van der Waals surface area contributed by atoms with E-state index >= 15 is 0 Å². The van der Waals surface area contributed by atoms with Crippen LogP contribution in [0.15, 0.2) is 18.2 Å². The summed E-state index contributed by atoms with van der Waals surface area (Å²) in [5.74, 6) is 0. The lowest BCUT2D eigenvalue weighted by atomic mass is 9.88. The topological polar surface area (TPSA) is 62.2 Å². The zero-order valence-electron chi connectivity index (χ0n) is 13.6. The summed E-state index contributed by atoms with van der Waals surface area (Å²) in [6.45, 7) is 6.28. The van der Waals surface area contributed by atoms with Crippen molar-refractivity contribution >= 4 is 27.5 Å². The minimum atomic E-state index is -0.309. The number of fused-ring (bicyclic) bond motifs is 4. The Morgan fingerprint density at radius 1 is 1.17 bits per heavy atom. The third-order valence-electron chi connectivity index (χ3n) is 5.20. The molecule has 0 unspecified atom stereocenters. The number of rotatable bonds is 1. The van der Waals surface area contributed by atoms with Gasteiger partial charge in [0, 0.05) is 29.9 Å². The van der Waals surface area contributed by atoms with Crippen LogP contribution in [0.2, 0.25) is 0 Å². The van der Waals surface area contributed by atoms with Gasteiger partial charge in [-0.3, -0.25) is 10.1 Å². The molecule has 0 amide bonds. The maximum absolute atomic E-state index is 11.3. The van der Waals surface area contributed by atoms with Gasteiger partial charge in [0.25, 0.3) is 5.69 Å². The molecule has 0 saturated heterocycles. The fraction of sp³-hybridized carbons (Fsp3) is 0.333. The Kier molecular flexibility index (Phi) is 2.96. The van der Waals surface area contributed by atoms with E-state index in [1.54, 1.807) is 12.1 Å². The van der Waals surface area contributed by atoms with Gasteiger partial charge in [0.15, 0.2) is 0 Å². The first kappa shape index (κ1) is 14.2. The number of nitro benzene ring substituents is 1. The molecule has 0 atom stereocenters. The van der Waals surface area contributed by atoms with E-state index in [0.29, 0.717) is 5.52 Å². The summed E-state index contributed by atoms with van der Waals surface area (Å²) in [5, 5.41) is 13.4. The zero-order chi connectivity index (χ0) is 16.3. The van der Waals surface area contributed by atoms with Crippen LogP contribution in [0.3, 0.4) is 0 Å². The van der Waals surface area contributed by atoms with Crippen molar-refractivity contribution < 1.29 is 4.92 Å². The molecule has 1 aliphatic rings. The van der Waals surface area contributed by atoms with Crippen molar-refractivity contribution in [2.24, 2.45) is 0 Å². The van der Waals surface area contributed by atoms with Gasteiger partial charge in [0.2, 0.25) is 0 Å². The van der Waals surface area contributed by atoms with Gasteiger partial charge < -0.3 is 9.88 Å². The molecule has 0 bridgehead atoms. The lowest BCUT2D eigenvalue weighted by Crippen LogP contribution is -2.28. The number of non-ortho nitro benzene ring substituents is 1. The first-order valence-corrected chi connectivity index (χ1v) is 7.87. The van der Waals surface area contributed by atoms with E-state index in [1.165, 1.54) is 22.3 Å². The maximum atomic E-state index is 11.3. The van der Waals surface area contributed by atoms with Crippen LogP contribution in [-0.2, 0) is 13.0 Å². The lowest BCUT2D eigenvalue weighted by molar-refractivity contribution is -0.383. The van der Waals surface area contributed by atoms with E-state index < -0.39 is 0 Å². The van der Waals surface area contributed by atoms with Gasteiger partial charge in [-0.25, -0.2) is 0 Å². The first-order chi connectivity index (χ1) is 11.0. The van der Waals surface area contributed by atoms with Crippen LogP contribution in [0.25, 0.3) is 21.8 Å². The molecule has 2 heterocycles. The first-order valence-electron chi connectivity index (χ1n) is 7.87. The molecule has 2 aromatic carbocycles. The number of likely N-dealkylation sites (N-methyl/N-ethyl adjacent to an activating group) is 1. The summed E-state index contributed by atoms with van der Waals surface area (Å²) in [7, 11) is 2.14. The Labute approximate surface area is 134 Å². The van der Waals surface area contributed by atoms with Crippen LogP contribution in [0, 0.1) is 24.0 Å². The van der Waals surface area contributed by atoms with Crippen LogP contribution in [0.5, 0.6) is 0 Å². The van der Waals surface area contributed by atoms with Gasteiger partial charge in [0.05, 0.1) is 10.4 Å². The van der Waals surface area contributed by atoms with Crippen molar-refractivity contribution in [3.05, 3.63) is 50.6 Å². The summed E-state index contributed by atoms with van der Waals surface area (Å²) < 4.78 is 0. The molecular weight excluding hydrogens is 290 g/mol. The SMILES string of the molecule is Cc1c2c(c(C)c3c1[nH]c1c([N+](=O)[O-])cccc13)CN(C)CC2. The highest BCUT2D eigenvalue weighted by Crippen LogP contribution is 2.39. The summed E-state index contributed by atoms with van der Waals surface area (Å²) >= 11 is 0. The average molecular weight is 309 g/mol. The summed E-state index contributed by atoms with van der Waals surface area (Å²) in [5.41, 5.74) is 7.11. The number of nitro groups is 1. The van der Waals surface area contributed by atoms with E-state index in [9.17, 15) is 10.1 Å².